The van der Waals surface area contributed by atoms with Crippen LogP contribution in [-0.2, 0) is 9.47 Å². The molecular formula is C28H30FN5O4. The molecular weight excluding hydrogens is 489 g/mol. The van der Waals surface area contributed by atoms with Gasteiger partial charge in [-0.1, -0.05) is 0 Å². The Bertz CT molecular complexity index is 1460. The fraction of sp³-hybridized carbons (Fsp3) is 0.321. The number of nitrogens with zero attached hydrogens (tertiary/aromatic N) is 3. The predicted octanol–water partition coefficient (Wildman–Crippen LogP) is 6.66. The smallest absolute Gasteiger partial charge is 0.413 e. The van der Waals surface area contributed by atoms with Crippen molar-refractivity contribution in [2.24, 2.45) is 0 Å². The van der Waals surface area contributed by atoms with Crippen molar-refractivity contribution in [3.63, 3.8) is 0 Å². The van der Waals surface area contributed by atoms with Crippen LogP contribution in [0.2, 0.25) is 0 Å². The molecule has 1 amide bonds. The number of nitrogens with one attached hydrogen (secondary N) is 1. The van der Waals surface area contributed by atoms with Crippen molar-refractivity contribution in [3.8, 4) is 22.6 Å². The second kappa shape index (κ2) is 10.3. The van der Waals surface area contributed by atoms with Gasteiger partial charge in [0.1, 0.15) is 17.2 Å². The molecule has 0 saturated carbocycles. The van der Waals surface area contributed by atoms with Crippen molar-refractivity contribution < 1.29 is 23.4 Å². The Labute approximate surface area is 219 Å². The number of carbonyl (C=O) groups is 1. The van der Waals surface area contributed by atoms with E-state index >= 15 is 0 Å². The first-order valence-electron chi connectivity index (χ1n) is 12.5. The zero-order chi connectivity index (χ0) is 26.9. The van der Waals surface area contributed by atoms with Gasteiger partial charge in [-0.3, -0.25) is 5.32 Å². The van der Waals surface area contributed by atoms with E-state index in [1.165, 1.54) is 12.1 Å². The Morgan fingerprint density at radius 1 is 1.13 bits per heavy atom. The summed E-state index contributed by atoms with van der Waals surface area (Å²) in [6.45, 7) is 6.04. The topological polar surface area (TPSA) is 114 Å². The molecule has 9 nitrogen and oxygen atoms in total. The highest BCUT2D eigenvalue weighted by atomic mass is 19.1. The number of fused-ring (bicyclic) bond motifs is 1. The lowest BCUT2D eigenvalue weighted by Gasteiger charge is -2.23. The highest BCUT2D eigenvalue weighted by molar-refractivity contribution is 5.89. The minimum atomic E-state index is -0.631. The molecule has 1 fully saturated rings. The van der Waals surface area contributed by atoms with Crippen LogP contribution in [-0.4, -0.2) is 33.1 Å². The minimum Gasteiger partial charge on any atom is -0.454 e. The first-order valence-corrected chi connectivity index (χ1v) is 12.5. The number of nitrogen functional groups attached to an aromatic ring is 1. The van der Waals surface area contributed by atoms with E-state index in [-0.39, 0.29) is 12.0 Å². The number of hydrogen-bond acceptors (Lipinski definition) is 7. The number of pyridine rings is 1. The average Bonchev–Trinajstić information content (AvgIpc) is 3.28. The molecule has 1 atom stereocenters. The van der Waals surface area contributed by atoms with E-state index in [2.05, 4.69) is 15.4 Å². The molecule has 0 radical (unpaired) electrons. The molecule has 1 unspecified atom stereocenters. The molecule has 4 aromatic rings. The first kappa shape index (κ1) is 25.5. The number of benzene rings is 2. The van der Waals surface area contributed by atoms with Gasteiger partial charge in [-0.25, -0.2) is 18.9 Å². The fourth-order valence-electron chi connectivity index (χ4n) is 4.28. The molecule has 5 rings (SSSR count). The Morgan fingerprint density at radius 3 is 2.66 bits per heavy atom. The van der Waals surface area contributed by atoms with Gasteiger partial charge in [0.25, 0.3) is 0 Å². The quantitative estimate of drug-likeness (QED) is 0.284. The maximum atomic E-state index is 14.6. The van der Waals surface area contributed by atoms with Crippen molar-refractivity contribution >= 4 is 28.5 Å². The summed E-state index contributed by atoms with van der Waals surface area (Å²) < 4.78 is 33.8. The molecule has 0 bridgehead atoms. The summed E-state index contributed by atoms with van der Waals surface area (Å²) in [4.78, 5) is 16.5. The summed E-state index contributed by atoms with van der Waals surface area (Å²) in [5.41, 5.74) is 7.60. The molecule has 10 heteroatoms. The van der Waals surface area contributed by atoms with Gasteiger partial charge in [0, 0.05) is 41.1 Å². The zero-order valence-electron chi connectivity index (χ0n) is 21.5. The summed E-state index contributed by atoms with van der Waals surface area (Å²) >= 11 is 0. The van der Waals surface area contributed by atoms with Crippen LogP contribution in [0.1, 0.15) is 46.3 Å². The fourth-order valence-corrected chi connectivity index (χ4v) is 4.28. The van der Waals surface area contributed by atoms with E-state index in [0.717, 1.165) is 30.2 Å². The van der Waals surface area contributed by atoms with Crippen molar-refractivity contribution in [1.29, 1.82) is 0 Å². The Balaban J connectivity index is 1.52. The molecule has 1 saturated heterocycles. The largest absolute Gasteiger partial charge is 0.454 e. The third kappa shape index (κ3) is 5.70. The SMILES string of the molecule is CC(C)(C)OC(=O)Nc1ccc(-c2cc3c(cnn3C3CCCCO3)cc2Oc2ccc(N)cc2F)cn1. The molecule has 0 aliphatic carbocycles. The molecule has 1 aliphatic heterocycles. The Kier molecular flexibility index (Phi) is 6.90. The average molecular weight is 520 g/mol. The lowest BCUT2D eigenvalue weighted by atomic mass is 10.0. The Hall–Kier alpha value is -4.18. The van der Waals surface area contributed by atoms with E-state index < -0.39 is 17.5 Å². The first-order chi connectivity index (χ1) is 18.2. The number of rotatable bonds is 5. The van der Waals surface area contributed by atoms with Gasteiger partial charge in [0.2, 0.25) is 0 Å². The number of anilines is 2. The van der Waals surface area contributed by atoms with Gasteiger partial charge in [-0.05, 0) is 76.4 Å². The van der Waals surface area contributed by atoms with Crippen molar-refractivity contribution in [2.75, 3.05) is 17.7 Å². The van der Waals surface area contributed by atoms with Gasteiger partial charge < -0.3 is 19.9 Å². The van der Waals surface area contributed by atoms with Crippen molar-refractivity contribution in [2.45, 2.75) is 51.9 Å². The molecule has 1 aliphatic rings. The third-order valence-electron chi connectivity index (χ3n) is 6.00. The zero-order valence-corrected chi connectivity index (χ0v) is 21.5. The number of nitrogens with two attached hydrogens (primary N) is 1. The molecule has 2 aromatic carbocycles. The van der Waals surface area contributed by atoms with Gasteiger partial charge in [0.15, 0.2) is 17.8 Å². The van der Waals surface area contributed by atoms with E-state index in [1.807, 2.05) is 16.8 Å². The number of ether oxygens (including phenoxy) is 3. The van der Waals surface area contributed by atoms with Crippen LogP contribution in [0.3, 0.4) is 0 Å². The van der Waals surface area contributed by atoms with E-state index in [1.54, 1.807) is 51.4 Å². The third-order valence-corrected chi connectivity index (χ3v) is 6.00. The highest BCUT2D eigenvalue weighted by Crippen LogP contribution is 2.39. The second-order valence-electron chi connectivity index (χ2n) is 10.2. The number of amides is 1. The lowest BCUT2D eigenvalue weighted by Crippen LogP contribution is -2.27. The second-order valence-corrected chi connectivity index (χ2v) is 10.2. The van der Waals surface area contributed by atoms with Gasteiger partial charge in [-0.15, -0.1) is 0 Å². The number of hydrogen-bond donors (Lipinski definition) is 2. The summed E-state index contributed by atoms with van der Waals surface area (Å²) in [6.07, 6.45) is 5.56. The lowest BCUT2D eigenvalue weighted by molar-refractivity contribution is -0.0366. The van der Waals surface area contributed by atoms with Crippen LogP contribution in [0.4, 0.5) is 20.7 Å². The van der Waals surface area contributed by atoms with Crippen LogP contribution in [0.15, 0.2) is 54.9 Å². The monoisotopic (exact) mass is 519 g/mol. The molecule has 2 aromatic heterocycles. The molecule has 38 heavy (non-hydrogen) atoms. The van der Waals surface area contributed by atoms with Crippen molar-refractivity contribution in [3.05, 3.63) is 60.7 Å². The van der Waals surface area contributed by atoms with Crippen LogP contribution in [0.25, 0.3) is 22.0 Å². The van der Waals surface area contributed by atoms with E-state index in [9.17, 15) is 9.18 Å². The van der Waals surface area contributed by atoms with Crippen molar-refractivity contribution in [1.82, 2.24) is 14.8 Å². The summed E-state index contributed by atoms with van der Waals surface area (Å²) in [6, 6.07) is 11.5. The van der Waals surface area contributed by atoms with Crippen LogP contribution < -0.4 is 15.8 Å². The van der Waals surface area contributed by atoms with Crippen LogP contribution >= 0.6 is 0 Å². The Morgan fingerprint density at radius 2 is 1.97 bits per heavy atom. The highest BCUT2D eigenvalue weighted by Gasteiger charge is 2.21. The van der Waals surface area contributed by atoms with Gasteiger partial charge in [-0.2, -0.15) is 5.10 Å². The van der Waals surface area contributed by atoms with E-state index in [4.69, 9.17) is 19.9 Å². The molecule has 0 spiro atoms. The summed E-state index contributed by atoms with van der Waals surface area (Å²) in [5, 5.41) is 8.03. The molecule has 198 valence electrons. The van der Waals surface area contributed by atoms with Gasteiger partial charge in [0.05, 0.1) is 11.7 Å². The summed E-state index contributed by atoms with van der Waals surface area (Å²) in [7, 11) is 0. The van der Waals surface area contributed by atoms with E-state index in [0.29, 0.717) is 35.0 Å². The maximum Gasteiger partial charge on any atom is 0.413 e. The molecule has 3 N–H and O–H groups in total. The predicted molar refractivity (Wildman–Crippen MR) is 143 cm³/mol. The maximum absolute atomic E-state index is 14.6. The number of aromatic nitrogens is 3. The normalized spacial score (nSPS) is 15.8. The summed E-state index contributed by atoms with van der Waals surface area (Å²) in [5.74, 6) is 0.216. The number of halogens is 1. The van der Waals surface area contributed by atoms with Crippen LogP contribution in [0, 0.1) is 5.82 Å². The minimum absolute atomic E-state index is 0.0407. The molecule has 3 heterocycles. The van der Waals surface area contributed by atoms with Crippen LogP contribution in [0.5, 0.6) is 11.5 Å². The van der Waals surface area contributed by atoms with Gasteiger partial charge >= 0.3 is 6.09 Å². The number of carbonyl (C=O) groups excluding carboxylic acids is 1. The standard InChI is InChI=1S/C28H30FN5O4/c1-28(2,3)38-27(35)33-25-10-7-17(15-31-25)20-14-22-18(16-32-34(22)26-6-4-5-11-36-26)12-24(20)37-23-9-8-19(30)13-21(23)29/h7-10,12-16,26H,4-6,11,30H2,1-3H3,(H,31,33,35).